The maximum atomic E-state index is 11.7. The minimum atomic E-state index is -2.80. The van der Waals surface area contributed by atoms with E-state index in [1.807, 2.05) is 0 Å². The minimum Gasteiger partial charge on any atom is -0.793 e. The zero-order valence-electron chi connectivity index (χ0n) is 19.4. The Morgan fingerprint density at radius 2 is 0.931 bits per heavy atom. The third-order valence-corrected chi connectivity index (χ3v) is 12.2. The van der Waals surface area contributed by atoms with Crippen LogP contribution < -0.4 is 9.79 Å². The van der Waals surface area contributed by atoms with Gasteiger partial charge in [0.1, 0.15) is 0 Å². The molecule has 0 N–H and O–H groups in total. The van der Waals surface area contributed by atoms with Gasteiger partial charge in [-0.25, -0.2) is 0 Å². The molecule has 2 atom stereocenters. The number of hydrogen-bond acceptors (Lipinski definition) is 8. The van der Waals surface area contributed by atoms with Gasteiger partial charge in [-0.05, 0) is 36.5 Å². The molecule has 11 heteroatoms. The van der Waals surface area contributed by atoms with Crippen LogP contribution in [0.25, 0.3) is 0 Å². The molecule has 0 saturated carbocycles. The molecule has 0 heterocycles. The predicted octanol–water partition coefficient (Wildman–Crippen LogP) is 6.04. The quantitative estimate of drug-likeness (QED) is 0.183. The molecule has 0 aromatic heterocycles. The second-order valence-corrected chi connectivity index (χ2v) is 20.5. The van der Waals surface area contributed by atoms with Crippen LogP contribution in [-0.2, 0) is 52.1 Å². The van der Waals surface area contributed by atoms with Crippen molar-refractivity contribution in [3.8, 4) is 0 Å². The van der Waals surface area contributed by atoms with E-state index < -0.39 is 11.4 Å². The first kappa shape index (κ1) is 36.0. The molecule has 0 aliphatic carbocycles. The summed E-state index contributed by atoms with van der Waals surface area (Å²) in [5.74, 6) is 3.76. The van der Waals surface area contributed by atoms with Crippen LogP contribution in [0.15, 0.2) is 0 Å². The van der Waals surface area contributed by atoms with E-state index in [1.165, 1.54) is 22.8 Å². The summed E-state index contributed by atoms with van der Waals surface area (Å²) in [5.41, 5.74) is -5.61. The summed E-state index contributed by atoms with van der Waals surface area (Å²) in [5, 5.41) is 0. The van der Waals surface area contributed by atoms with E-state index in [0.717, 1.165) is 24.3 Å². The number of rotatable bonds is 14. The molecule has 0 aromatic rings. The van der Waals surface area contributed by atoms with Crippen LogP contribution in [0.4, 0.5) is 0 Å². The SMILES string of the molecule is CC(C)CCOP([O-])(=S)SCC(C)C.CC(C)CCOP([O-])(=S)SCC(C)C.[Zn+2]. The first-order chi connectivity index (χ1) is 12.7. The molecule has 4 nitrogen and oxygen atoms in total. The van der Waals surface area contributed by atoms with Gasteiger partial charge in [0.15, 0.2) is 0 Å². The standard InChI is InChI=1S/2C9H21O2PS2.Zn/c2*1-8(2)5-6-11-12(10,13)14-7-9(3)4;/h2*8-9H,5-7H2,1-4H3,(H,10,13);/q;;+2/p-2. The van der Waals surface area contributed by atoms with Crippen molar-refractivity contribution in [2.75, 3.05) is 24.7 Å². The fraction of sp³-hybridized carbons (Fsp3) is 1.00. The summed E-state index contributed by atoms with van der Waals surface area (Å²) in [7, 11) is 0. The van der Waals surface area contributed by atoms with Crippen LogP contribution in [0, 0.1) is 23.7 Å². The molecule has 172 valence electrons. The van der Waals surface area contributed by atoms with E-state index >= 15 is 0 Å². The Morgan fingerprint density at radius 3 is 1.14 bits per heavy atom. The molecule has 0 aliphatic rings. The normalized spacial score (nSPS) is 15.7. The Bertz CT molecular complexity index is 439. The zero-order chi connectivity index (χ0) is 22.4. The molecular weight excluding hydrogens is 536 g/mol. The van der Waals surface area contributed by atoms with Crippen LogP contribution >= 0.6 is 34.2 Å². The van der Waals surface area contributed by atoms with Crippen molar-refractivity contribution in [2.24, 2.45) is 23.7 Å². The molecular formula is C18H40O4P2S4Zn. The molecule has 0 aromatic carbocycles. The van der Waals surface area contributed by atoms with Gasteiger partial charge >= 0.3 is 19.5 Å². The Morgan fingerprint density at radius 1 is 0.655 bits per heavy atom. The zero-order valence-corrected chi connectivity index (χ0v) is 27.4. The van der Waals surface area contributed by atoms with E-state index in [2.05, 4.69) is 55.4 Å². The van der Waals surface area contributed by atoms with Gasteiger partial charge in [0.25, 0.3) is 0 Å². The van der Waals surface area contributed by atoms with Crippen molar-refractivity contribution in [3.05, 3.63) is 0 Å². The summed E-state index contributed by atoms with van der Waals surface area (Å²) in [6, 6.07) is 0. The second kappa shape index (κ2) is 19.9. The largest absolute Gasteiger partial charge is 2.00 e. The van der Waals surface area contributed by atoms with E-state index in [9.17, 15) is 9.79 Å². The van der Waals surface area contributed by atoms with Crippen molar-refractivity contribution in [1.29, 1.82) is 0 Å². The average Bonchev–Trinajstić information content (AvgIpc) is 2.51. The van der Waals surface area contributed by atoms with Crippen LogP contribution in [0.2, 0.25) is 0 Å². The summed E-state index contributed by atoms with van der Waals surface area (Å²) >= 11 is 12.4. The van der Waals surface area contributed by atoms with E-state index in [4.69, 9.17) is 32.7 Å². The molecule has 2 unspecified atom stereocenters. The Labute approximate surface area is 211 Å². The first-order valence-electron chi connectivity index (χ1n) is 9.87. The van der Waals surface area contributed by atoms with Crippen molar-refractivity contribution < 1.29 is 38.3 Å². The van der Waals surface area contributed by atoms with Gasteiger partial charge in [-0.2, -0.15) is 0 Å². The Hall–Kier alpha value is 2.46. The minimum absolute atomic E-state index is 0. The molecule has 0 spiro atoms. The van der Waals surface area contributed by atoms with E-state index in [1.54, 1.807) is 0 Å². The monoisotopic (exact) mass is 574 g/mol. The van der Waals surface area contributed by atoms with Crippen molar-refractivity contribution in [3.63, 3.8) is 0 Å². The third-order valence-electron chi connectivity index (χ3n) is 3.02. The smallest absolute Gasteiger partial charge is 0.793 e. The van der Waals surface area contributed by atoms with Gasteiger partial charge in [-0.15, -0.1) is 22.8 Å². The summed E-state index contributed by atoms with van der Waals surface area (Å²) in [6.07, 6.45) is 1.84. The van der Waals surface area contributed by atoms with E-state index in [-0.39, 0.29) is 19.5 Å². The van der Waals surface area contributed by atoms with Gasteiger partial charge in [0.05, 0.1) is 13.2 Å². The summed E-state index contributed by atoms with van der Waals surface area (Å²) in [6.45, 7) is 17.8. The van der Waals surface area contributed by atoms with Gasteiger partial charge in [0.2, 0.25) is 0 Å². The molecule has 0 rings (SSSR count). The topological polar surface area (TPSA) is 64.6 Å². The molecule has 0 fully saturated rings. The number of hydrogen-bond donors (Lipinski definition) is 0. The average molecular weight is 576 g/mol. The van der Waals surface area contributed by atoms with Gasteiger partial charge < -0.3 is 18.8 Å². The fourth-order valence-electron chi connectivity index (χ4n) is 1.36. The second-order valence-electron chi connectivity index (χ2n) is 8.31. The Balaban J connectivity index is -0.000000451. The maximum absolute atomic E-state index is 11.7. The Kier molecular flexibility index (Phi) is 24.7. The van der Waals surface area contributed by atoms with E-state index in [0.29, 0.717) is 36.9 Å². The molecule has 0 radical (unpaired) electrons. The fourth-order valence-corrected chi connectivity index (χ4v) is 8.45. The van der Waals surface area contributed by atoms with Crippen molar-refractivity contribution in [1.82, 2.24) is 0 Å². The van der Waals surface area contributed by atoms with Crippen molar-refractivity contribution in [2.45, 2.75) is 68.2 Å². The van der Waals surface area contributed by atoms with Crippen molar-refractivity contribution >= 4 is 57.8 Å². The van der Waals surface area contributed by atoms with Crippen LogP contribution in [-0.4, -0.2) is 24.7 Å². The van der Waals surface area contributed by atoms with Gasteiger partial charge in [-0.1, -0.05) is 79.0 Å². The molecule has 0 bridgehead atoms. The predicted molar refractivity (Wildman–Crippen MR) is 134 cm³/mol. The molecule has 0 amide bonds. The van der Waals surface area contributed by atoms with Gasteiger partial charge in [0, 0.05) is 22.9 Å². The van der Waals surface area contributed by atoms with Crippen LogP contribution in [0.1, 0.15) is 68.2 Å². The van der Waals surface area contributed by atoms with Gasteiger partial charge in [-0.3, -0.25) is 0 Å². The van der Waals surface area contributed by atoms with Crippen LogP contribution in [0.5, 0.6) is 0 Å². The third kappa shape index (κ3) is 30.5. The maximum Gasteiger partial charge on any atom is 2.00 e. The summed E-state index contributed by atoms with van der Waals surface area (Å²) < 4.78 is 10.4. The molecule has 0 saturated heterocycles. The summed E-state index contributed by atoms with van der Waals surface area (Å²) in [4.78, 5) is 23.3. The first-order valence-corrected chi connectivity index (χ1v) is 18.3. The molecule has 29 heavy (non-hydrogen) atoms. The molecule has 0 aliphatic heterocycles. The van der Waals surface area contributed by atoms with Crippen LogP contribution in [0.3, 0.4) is 0 Å².